The molecule has 0 aliphatic carbocycles. The topological polar surface area (TPSA) is 37.4 Å². The Kier molecular flexibility index (Phi) is 8.38. The van der Waals surface area contributed by atoms with Crippen LogP contribution in [0.3, 0.4) is 0 Å². The first-order valence-electron chi connectivity index (χ1n) is 11.5. The van der Waals surface area contributed by atoms with Crippen LogP contribution in [-0.4, -0.2) is 49.7 Å². The van der Waals surface area contributed by atoms with Gasteiger partial charge < -0.3 is 10.1 Å². The van der Waals surface area contributed by atoms with Crippen molar-refractivity contribution < 1.29 is 4.74 Å². The van der Waals surface area contributed by atoms with Gasteiger partial charge in [-0.25, -0.2) is 4.98 Å². The maximum atomic E-state index is 5.96. The maximum absolute atomic E-state index is 5.96. The molecule has 0 bridgehead atoms. The lowest BCUT2D eigenvalue weighted by Gasteiger charge is -2.31. The number of piperidine rings is 1. The van der Waals surface area contributed by atoms with Gasteiger partial charge in [-0.2, -0.15) is 0 Å². The highest BCUT2D eigenvalue weighted by Crippen LogP contribution is 2.21. The van der Waals surface area contributed by atoms with Gasteiger partial charge >= 0.3 is 0 Å². The van der Waals surface area contributed by atoms with Gasteiger partial charge in [0.25, 0.3) is 0 Å². The summed E-state index contributed by atoms with van der Waals surface area (Å²) in [5.74, 6) is 8.01. The van der Waals surface area contributed by atoms with E-state index in [0.29, 0.717) is 6.61 Å². The van der Waals surface area contributed by atoms with E-state index in [4.69, 9.17) is 16.3 Å². The van der Waals surface area contributed by atoms with E-state index in [9.17, 15) is 0 Å². The van der Waals surface area contributed by atoms with Crippen LogP contribution in [-0.2, 0) is 0 Å². The second-order valence-corrected chi connectivity index (χ2v) is 8.84. The lowest BCUT2D eigenvalue weighted by Crippen LogP contribution is -2.38. The van der Waals surface area contributed by atoms with Gasteiger partial charge in [-0.05, 0) is 99.4 Å². The summed E-state index contributed by atoms with van der Waals surface area (Å²) in [7, 11) is 2.04. The van der Waals surface area contributed by atoms with E-state index in [2.05, 4.69) is 27.0 Å². The molecule has 1 fully saturated rings. The Morgan fingerprint density at radius 1 is 0.970 bits per heavy atom. The second kappa shape index (κ2) is 11.9. The molecule has 5 heteroatoms. The molecule has 0 spiro atoms. The lowest BCUT2D eigenvalue weighted by molar-refractivity contribution is 0.155. The summed E-state index contributed by atoms with van der Waals surface area (Å²) in [6, 6.07) is 19.7. The van der Waals surface area contributed by atoms with Crippen LogP contribution in [0.2, 0.25) is 5.02 Å². The van der Waals surface area contributed by atoms with Crippen molar-refractivity contribution in [1.29, 1.82) is 0 Å². The molecule has 1 aliphatic rings. The largest absolute Gasteiger partial charge is 0.492 e. The molecule has 1 N–H and O–H groups in total. The van der Waals surface area contributed by atoms with Crippen molar-refractivity contribution in [3.8, 4) is 28.7 Å². The van der Waals surface area contributed by atoms with Gasteiger partial charge in [0.1, 0.15) is 18.1 Å². The van der Waals surface area contributed by atoms with E-state index in [1.165, 1.54) is 25.9 Å². The average Bonchev–Trinajstić information content (AvgIpc) is 2.86. The van der Waals surface area contributed by atoms with Crippen molar-refractivity contribution in [2.75, 3.05) is 39.8 Å². The van der Waals surface area contributed by atoms with Crippen LogP contribution in [0.1, 0.15) is 24.1 Å². The number of ether oxygens (including phenoxy) is 1. The number of benzene rings is 2. The Morgan fingerprint density at radius 3 is 2.36 bits per heavy atom. The summed E-state index contributed by atoms with van der Waals surface area (Å²) in [4.78, 5) is 6.97. The minimum Gasteiger partial charge on any atom is -0.492 e. The molecule has 0 amide bonds. The van der Waals surface area contributed by atoms with E-state index in [1.807, 2.05) is 73.9 Å². The minimum atomic E-state index is 0.714. The Bertz CT molecular complexity index is 1060. The average molecular weight is 460 g/mol. The molecule has 2 heterocycles. The van der Waals surface area contributed by atoms with E-state index >= 15 is 0 Å². The summed E-state index contributed by atoms with van der Waals surface area (Å²) in [6.07, 6.45) is 4.38. The maximum Gasteiger partial charge on any atom is 0.119 e. The number of aromatic nitrogens is 1. The molecule has 3 aromatic rings. The van der Waals surface area contributed by atoms with E-state index in [-0.39, 0.29) is 0 Å². The first-order valence-corrected chi connectivity index (χ1v) is 11.9. The van der Waals surface area contributed by atoms with Gasteiger partial charge in [0.05, 0.1) is 0 Å². The zero-order valence-electron chi connectivity index (χ0n) is 19.1. The highest BCUT2D eigenvalue weighted by atomic mass is 35.5. The SMILES string of the molecule is CNCC1CCN(CCOc2ccc(C#Cc3ccc(-c4ccc(Cl)cc4)cn3)cc2)CC1. The van der Waals surface area contributed by atoms with Crippen LogP contribution >= 0.6 is 11.6 Å². The van der Waals surface area contributed by atoms with Crippen molar-refractivity contribution >= 4 is 11.6 Å². The highest BCUT2D eigenvalue weighted by molar-refractivity contribution is 6.30. The number of likely N-dealkylation sites (tertiary alicyclic amines) is 1. The van der Waals surface area contributed by atoms with Crippen LogP contribution in [0.15, 0.2) is 66.9 Å². The standard InChI is InChI=1S/C28H30ClN3O/c1-30-20-23-14-16-32(17-15-23)18-19-33-28-12-3-22(4-13-28)2-10-27-11-7-25(21-31-27)24-5-8-26(29)9-6-24/h3-9,11-13,21,23,30H,14-20H2,1H3. The monoisotopic (exact) mass is 459 g/mol. The molecule has 0 radical (unpaired) electrons. The normalized spacial score (nSPS) is 14.5. The third-order valence-electron chi connectivity index (χ3n) is 6.01. The van der Waals surface area contributed by atoms with E-state index in [1.54, 1.807) is 0 Å². The molecule has 4 rings (SSSR count). The summed E-state index contributed by atoms with van der Waals surface area (Å²) >= 11 is 5.96. The van der Waals surface area contributed by atoms with Crippen LogP contribution in [0.4, 0.5) is 0 Å². The first-order chi connectivity index (χ1) is 16.2. The first kappa shape index (κ1) is 23.3. The quantitative estimate of drug-likeness (QED) is 0.498. The van der Waals surface area contributed by atoms with Crippen molar-refractivity contribution in [3.63, 3.8) is 0 Å². The molecule has 1 saturated heterocycles. The van der Waals surface area contributed by atoms with Crippen LogP contribution in [0, 0.1) is 17.8 Å². The van der Waals surface area contributed by atoms with E-state index < -0.39 is 0 Å². The Labute approximate surface area is 201 Å². The molecule has 0 unspecified atom stereocenters. The number of hydrogen-bond acceptors (Lipinski definition) is 4. The molecule has 0 atom stereocenters. The number of hydrogen-bond donors (Lipinski definition) is 1. The predicted octanol–water partition coefficient (Wildman–Crippen LogP) is 5.11. The molecule has 33 heavy (non-hydrogen) atoms. The van der Waals surface area contributed by atoms with Gasteiger partial charge in [0, 0.05) is 28.9 Å². The third-order valence-corrected chi connectivity index (χ3v) is 6.26. The van der Waals surface area contributed by atoms with Gasteiger partial charge in [-0.3, -0.25) is 4.90 Å². The molecule has 2 aromatic carbocycles. The smallest absolute Gasteiger partial charge is 0.119 e. The van der Waals surface area contributed by atoms with Crippen LogP contribution in [0.25, 0.3) is 11.1 Å². The summed E-state index contributed by atoms with van der Waals surface area (Å²) in [6.45, 7) is 5.15. The van der Waals surface area contributed by atoms with Crippen molar-refractivity contribution in [1.82, 2.24) is 15.2 Å². The Hall–Kier alpha value is -2.84. The predicted molar refractivity (Wildman–Crippen MR) is 136 cm³/mol. The molecule has 1 aromatic heterocycles. The summed E-state index contributed by atoms with van der Waals surface area (Å²) < 4.78 is 5.94. The van der Waals surface area contributed by atoms with Crippen molar-refractivity contribution in [3.05, 3.63) is 83.1 Å². The van der Waals surface area contributed by atoms with Gasteiger partial charge in [-0.15, -0.1) is 0 Å². The second-order valence-electron chi connectivity index (χ2n) is 8.40. The molecular formula is C28H30ClN3O. The Balaban J connectivity index is 1.24. The summed E-state index contributed by atoms with van der Waals surface area (Å²) in [5, 5.41) is 4.02. The molecule has 0 saturated carbocycles. The summed E-state index contributed by atoms with van der Waals surface area (Å²) in [5.41, 5.74) is 3.81. The molecule has 4 nitrogen and oxygen atoms in total. The minimum absolute atomic E-state index is 0.714. The number of nitrogens with zero attached hydrogens (tertiary/aromatic N) is 2. The third kappa shape index (κ3) is 7.07. The fourth-order valence-electron chi connectivity index (χ4n) is 4.05. The van der Waals surface area contributed by atoms with Gasteiger partial charge in [-0.1, -0.05) is 35.7 Å². The van der Waals surface area contributed by atoms with Crippen molar-refractivity contribution in [2.45, 2.75) is 12.8 Å². The number of nitrogens with one attached hydrogen (secondary N) is 1. The lowest BCUT2D eigenvalue weighted by atomic mass is 9.97. The molecular weight excluding hydrogens is 430 g/mol. The highest BCUT2D eigenvalue weighted by Gasteiger charge is 2.18. The van der Waals surface area contributed by atoms with Crippen LogP contribution in [0.5, 0.6) is 5.75 Å². The number of pyridine rings is 1. The zero-order chi connectivity index (χ0) is 22.9. The zero-order valence-corrected chi connectivity index (χ0v) is 19.8. The van der Waals surface area contributed by atoms with Gasteiger partial charge in [0.2, 0.25) is 0 Å². The number of halogens is 1. The van der Waals surface area contributed by atoms with Crippen molar-refractivity contribution in [2.24, 2.45) is 5.92 Å². The van der Waals surface area contributed by atoms with E-state index in [0.717, 1.165) is 52.2 Å². The van der Waals surface area contributed by atoms with Crippen LogP contribution < -0.4 is 10.1 Å². The fourth-order valence-corrected chi connectivity index (χ4v) is 4.17. The molecule has 170 valence electrons. The number of rotatable bonds is 7. The Morgan fingerprint density at radius 2 is 1.70 bits per heavy atom. The fraction of sp³-hybridized carbons (Fsp3) is 0.321. The van der Waals surface area contributed by atoms with Gasteiger partial charge in [0.15, 0.2) is 0 Å². The molecule has 1 aliphatic heterocycles.